The highest BCUT2D eigenvalue weighted by atomic mass is 32.2. The van der Waals surface area contributed by atoms with Crippen molar-refractivity contribution in [2.75, 3.05) is 11.5 Å². The Labute approximate surface area is 198 Å². The van der Waals surface area contributed by atoms with Gasteiger partial charge >= 0.3 is 5.51 Å². The first-order valence-corrected chi connectivity index (χ1v) is 13.1. The molecule has 0 spiro atoms. The van der Waals surface area contributed by atoms with Gasteiger partial charge in [-0.1, -0.05) is 30.3 Å². The molecule has 0 fully saturated rings. The number of halogens is 3. The Morgan fingerprint density at radius 3 is 2.33 bits per heavy atom. The molecule has 2 aromatic carbocycles. The molecular weight excluding hydrogens is 493 g/mol. The van der Waals surface area contributed by atoms with Gasteiger partial charge in [-0.25, -0.2) is 13.4 Å². The number of hydrogen-bond donors (Lipinski definition) is 1. The SMILES string of the molecule is O=C(NCc1ccc(SC(F)(F)F)cc1)c1cccnc1SCCS(=O)(=O)c1ccccc1. The van der Waals surface area contributed by atoms with E-state index in [2.05, 4.69) is 10.3 Å². The number of pyridine rings is 1. The zero-order valence-corrected chi connectivity index (χ0v) is 19.5. The van der Waals surface area contributed by atoms with Gasteiger partial charge in [-0.2, -0.15) is 13.2 Å². The fourth-order valence-corrected chi connectivity index (χ4v) is 5.96. The van der Waals surface area contributed by atoms with E-state index in [1.807, 2.05) is 0 Å². The second-order valence-corrected chi connectivity index (χ2v) is 11.0. The Kier molecular flexibility index (Phi) is 8.44. The third-order valence-electron chi connectivity index (χ3n) is 4.32. The number of aromatic nitrogens is 1. The molecule has 0 atom stereocenters. The number of carbonyl (C=O) groups is 1. The summed E-state index contributed by atoms with van der Waals surface area (Å²) in [5.74, 6) is -0.306. The lowest BCUT2D eigenvalue weighted by Crippen LogP contribution is -2.23. The molecule has 33 heavy (non-hydrogen) atoms. The Morgan fingerprint density at radius 2 is 1.67 bits per heavy atom. The summed E-state index contributed by atoms with van der Waals surface area (Å²) in [6, 6.07) is 17.0. The van der Waals surface area contributed by atoms with Crippen molar-refractivity contribution < 1.29 is 26.4 Å². The number of alkyl halides is 3. The van der Waals surface area contributed by atoms with E-state index in [-0.39, 0.29) is 39.6 Å². The van der Waals surface area contributed by atoms with Crippen LogP contribution in [0.4, 0.5) is 13.2 Å². The average molecular weight is 513 g/mol. The van der Waals surface area contributed by atoms with Crippen LogP contribution >= 0.6 is 23.5 Å². The minimum absolute atomic E-state index is 0.0639. The van der Waals surface area contributed by atoms with Crippen LogP contribution in [0.5, 0.6) is 0 Å². The van der Waals surface area contributed by atoms with Gasteiger partial charge in [-0.05, 0) is 53.7 Å². The highest BCUT2D eigenvalue weighted by molar-refractivity contribution is 8.00. The predicted octanol–water partition coefficient (Wildman–Crippen LogP) is 5.19. The largest absolute Gasteiger partial charge is 0.446 e. The number of nitrogens with zero attached hydrogens (tertiary/aromatic N) is 1. The van der Waals surface area contributed by atoms with Crippen molar-refractivity contribution in [1.29, 1.82) is 0 Å². The van der Waals surface area contributed by atoms with Crippen molar-refractivity contribution in [1.82, 2.24) is 10.3 Å². The maximum atomic E-state index is 12.6. The van der Waals surface area contributed by atoms with Crippen LogP contribution in [0.15, 0.2) is 87.7 Å². The number of thioether (sulfide) groups is 2. The molecule has 1 heterocycles. The quantitative estimate of drug-likeness (QED) is 0.398. The van der Waals surface area contributed by atoms with Crippen molar-refractivity contribution in [2.24, 2.45) is 0 Å². The maximum Gasteiger partial charge on any atom is 0.446 e. The van der Waals surface area contributed by atoms with Crippen molar-refractivity contribution in [2.45, 2.75) is 26.9 Å². The molecule has 11 heteroatoms. The molecule has 0 aliphatic carbocycles. The van der Waals surface area contributed by atoms with Gasteiger partial charge in [0.1, 0.15) is 5.03 Å². The van der Waals surface area contributed by atoms with Gasteiger partial charge in [0.2, 0.25) is 0 Å². The highest BCUT2D eigenvalue weighted by Gasteiger charge is 2.29. The Hall–Kier alpha value is -2.50. The third-order valence-corrected chi connectivity index (χ3v) is 8.06. The van der Waals surface area contributed by atoms with Gasteiger partial charge in [-0.3, -0.25) is 4.79 Å². The summed E-state index contributed by atoms with van der Waals surface area (Å²) in [5.41, 5.74) is -3.42. The van der Waals surface area contributed by atoms with E-state index < -0.39 is 21.3 Å². The van der Waals surface area contributed by atoms with Crippen LogP contribution in [0.1, 0.15) is 15.9 Å². The summed E-state index contributed by atoms with van der Waals surface area (Å²) in [6.45, 7) is 0.122. The molecule has 1 aromatic heterocycles. The molecule has 0 unspecified atom stereocenters. The second-order valence-electron chi connectivity index (χ2n) is 6.71. The molecule has 3 aromatic rings. The summed E-state index contributed by atoms with van der Waals surface area (Å²) < 4.78 is 62.1. The van der Waals surface area contributed by atoms with Gasteiger partial charge in [-0.15, -0.1) is 11.8 Å². The van der Waals surface area contributed by atoms with Gasteiger partial charge in [0, 0.05) is 23.4 Å². The minimum Gasteiger partial charge on any atom is -0.348 e. The van der Waals surface area contributed by atoms with E-state index in [4.69, 9.17) is 0 Å². The summed E-state index contributed by atoms with van der Waals surface area (Å²) in [6.07, 6.45) is 1.52. The lowest BCUT2D eigenvalue weighted by atomic mass is 10.2. The van der Waals surface area contributed by atoms with Gasteiger partial charge in [0.05, 0.1) is 16.2 Å². The molecule has 1 N–H and O–H groups in total. The first-order valence-electron chi connectivity index (χ1n) is 9.62. The van der Waals surface area contributed by atoms with Crippen molar-refractivity contribution in [3.63, 3.8) is 0 Å². The normalized spacial score (nSPS) is 11.8. The first-order chi connectivity index (χ1) is 15.6. The molecule has 5 nitrogen and oxygen atoms in total. The van der Waals surface area contributed by atoms with Crippen LogP contribution in [0, 0.1) is 0 Å². The Bertz CT molecular complexity index is 1190. The summed E-state index contributed by atoms with van der Waals surface area (Å²) in [4.78, 5) is 17.1. The highest BCUT2D eigenvalue weighted by Crippen LogP contribution is 2.36. The van der Waals surface area contributed by atoms with E-state index >= 15 is 0 Å². The number of sulfone groups is 1. The summed E-state index contributed by atoms with van der Waals surface area (Å²) in [7, 11) is -3.45. The molecule has 0 aliphatic rings. The second kappa shape index (κ2) is 11.1. The van der Waals surface area contributed by atoms with Crippen molar-refractivity contribution in [3.05, 3.63) is 84.1 Å². The molecule has 0 saturated heterocycles. The number of benzene rings is 2. The van der Waals surface area contributed by atoms with Crippen LogP contribution in [-0.2, 0) is 16.4 Å². The fraction of sp³-hybridized carbons (Fsp3) is 0.182. The zero-order chi connectivity index (χ0) is 23.9. The molecule has 174 valence electrons. The minimum atomic E-state index is -4.36. The van der Waals surface area contributed by atoms with E-state index in [9.17, 15) is 26.4 Å². The molecule has 0 saturated carbocycles. The van der Waals surface area contributed by atoms with Crippen LogP contribution < -0.4 is 5.32 Å². The zero-order valence-electron chi connectivity index (χ0n) is 17.1. The van der Waals surface area contributed by atoms with Crippen LogP contribution in [0.3, 0.4) is 0 Å². The smallest absolute Gasteiger partial charge is 0.348 e. The van der Waals surface area contributed by atoms with Crippen molar-refractivity contribution >= 4 is 39.3 Å². The summed E-state index contributed by atoms with van der Waals surface area (Å²) >= 11 is 0.965. The van der Waals surface area contributed by atoms with Crippen LogP contribution in [0.2, 0.25) is 0 Å². The molecule has 0 bridgehead atoms. The number of nitrogens with one attached hydrogen (secondary N) is 1. The molecule has 0 aliphatic heterocycles. The topological polar surface area (TPSA) is 76.1 Å². The van der Waals surface area contributed by atoms with Gasteiger partial charge in [0.25, 0.3) is 5.91 Å². The maximum absolute atomic E-state index is 12.6. The Balaban J connectivity index is 1.57. The fourth-order valence-electron chi connectivity index (χ4n) is 2.76. The number of hydrogen-bond acceptors (Lipinski definition) is 6. The average Bonchev–Trinajstić information content (AvgIpc) is 2.78. The third kappa shape index (κ3) is 7.79. The first kappa shape index (κ1) is 25.1. The van der Waals surface area contributed by atoms with E-state index in [0.29, 0.717) is 16.2 Å². The van der Waals surface area contributed by atoms with Gasteiger partial charge in [0.15, 0.2) is 9.84 Å². The molecule has 3 rings (SSSR count). The van der Waals surface area contributed by atoms with E-state index in [0.717, 1.165) is 0 Å². The monoisotopic (exact) mass is 512 g/mol. The predicted molar refractivity (Wildman–Crippen MR) is 123 cm³/mol. The number of carbonyl (C=O) groups excluding carboxylic acids is 1. The number of rotatable bonds is 9. The van der Waals surface area contributed by atoms with E-state index in [1.165, 1.54) is 54.4 Å². The standard InChI is InChI=1S/C22H19F3N2O3S3/c23-22(24,25)32-17-10-8-16(9-11-17)15-27-20(28)19-7-4-12-26-21(19)31-13-14-33(29,30)18-5-2-1-3-6-18/h1-12H,13-15H2,(H,27,28). The van der Waals surface area contributed by atoms with E-state index in [1.54, 1.807) is 30.3 Å². The van der Waals surface area contributed by atoms with Gasteiger partial charge < -0.3 is 5.32 Å². The van der Waals surface area contributed by atoms with Crippen LogP contribution in [0.25, 0.3) is 0 Å². The lowest BCUT2D eigenvalue weighted by molar-refractivity contribution is -0.0328. The molecule has 1 amide bonds. The number of amides is 1. The van der Waals surface area contributed by atoms with Crippen LogP contribution in [-0.4, -0.2) is 36.3 Å². The van der Waals surface area contributed by atoms with Crippen molar-refractivity contribution in [3.8, 4) is 0 Å². The molecule has 0 radical (unpaired) electrons. The molecular formula is C22H19F3N2O3S3. The lowest BCUT2D eigenvalue weighted by Gasteiger charge is -2.10. The summed E-state index contributed by atoms with van der Waals surface area (Å²) in [5, 5.41) is 3.11. The Morgan fingerprint density at radius 1 is 0.970 bits per heavy atom.